The number of aliphatic hydroxyl groups is 1. The van der Waals surface area contributed by atoms with Crippen molar-refractivity contribution in [3.8, 4) is 0 Å². The first kappa shape index (κ1) is 11.0. The Hall–Kier alpha value is -0.120. The average molecular weight is 186 g/mol. The first-order chi connectivity index (χ1) is 6.33. The molecule has 0 aromatic carbocycles. The van der Waals surface area contributed by atoms with E-state index in [2.05, 4.69) is 5.32 Å². The van der Waals surface area contributed by atoms with Gasteiger partial charge in [0.25, 0.3) is 0 Å². The topological polar surface area (TPSA) is 58.3 Å². The highest BCUT2D eigenvalue weighted by atomic mass is 16.3. The van der Waals surface area contributed by atoms with E-state index in [0.717, 1.165) is 0 Å². The van der Waals surface area contributed by atoms with Crippen LogP contribution in [0.4, 0.5) is 0 Å². The van der Waals surface area contributed by atoms with E-state index in [0.29, 0.717) is 25.6 Å². The van der Waals surface area contributed by atoms with Crippen LogP contribution in [-0.2, 0) is 0 Å². The lowest BCUT2D eigenvalue weighted by atomic mass is 9.95. The summed E-state index contributed by atoms with van der Waals surface area (Å²) in [6.45, 7) is 1.29. The standard InChI is InChI=1S/C10H22N2O/c11-7-6-10(13)8-12-9-4-2-1-3-5-9/h9-10,12-13H,1-8,11H2. The maximum atomic E-state index is 9.44. The van der Waals surface area contributed by atoms with Crippen molar-refractivity contribution in [1.82, 2.24) is 5.32 Å². The van der Waals surface area contributed by atoms with E-state index < -0.39 is 0 Å². The van der Waals surface area contributed by atoms with Gasteiger partial charge < -0.3 is 16.2 Å². The molecular formula is C10H22N2O. The van der Waals surface area contributed by atoms with Crippen LogP contribution in [0.2, 0.25) is 0 Å². The molecule has 0 aromatic rings. The van der Waals surface area contributed by atoms with E-state index >= 15 is 0 Å². The molecule has 0 aromatic heterocycles. The zero-order valence-corrected chi connectivity index (χ0v) is 8.34. The molecule has 1 fully saturated rings. The molecular weight excluding hydrogens is 164 g/mol. The van der Waals surface area contributed by atoms with Gasteiger partial charge in [0, 0.05) is 12.6 Å². The monoisotopic (exact) mass is 186 g/mol. The molecule has 1 aliphatic rings. The van der Waals surface area contributed by atoms with Gasteiger partial charge in [-0.2, -0.15) is 0 Å². The third-order valence-electron chi connectivity index (χ3n) is 2.75. The number of nitrogens with one attached hydrogen (secondary N) is 1. The van der Waals surface area contributed by atoms with E-state index in [4.69, 9.17) is 5.73 Å². The van der Waals surface area contributed by atoms with E-state index in [1.807, 2.05) is 0 Å². The van der Waals surface area contributed by atoms with Gasteiger partial charge >= 0.3 is 0 Å². The maximum Gasteiger partial charge on any atom is 0.0676 e. The molecule has 1 unspecified atom stereocenters. The van der Waals surface area contributed by atoms with Gasteiger partial charge in [-0.3, -0.25) is 0 Å². The zero-order chi connectivity index (χ0) is 9.52. The van der Waals surface area contributed by atoms with Gasteiger partial charge in [0.2, 0.25) is 0 Å². The molecule has 3 nitrogen and oxygen atoms in total. The second-order valence-electron chi connectivity index (χ2n) is 3.97. The molecule has 0 bridgehead atoms. The molecule has 13 heavy (non-hydrogen) atoms. The molecule has 1 aliphatic carbocycles. The van der Waals surface area contributed by atoms with E-state index in [1.165, 1.54) is 32.1 Å². The Morgan fingerprint density at radius 1 is 1.31 bits per heavy atom. The number of hydrogen-bond acceptors (Lipinski definition) is 3. The van der Waals surface area contributed by atoms with E-state index in [-0.39, 0.29) is 6.10 Å². The summed E-state index contributed by atoms with van der Waals surface area (Å²) in [4.78, 5) is 0. The van der Waals surface area contributed by atoms with Crippen LogP contribution in [0.5, 0.6) is 0 Å². The van der Waals surface area contributed by atoms with Crippen LogP contribution in [0.15, 0.2) is 0 Å². The van der Waals surface area contributed by atoms with Crippen molar-refractivity contribution >= 4 is 0 Å². The van der Waals surface area contributed by atoms with Crippen LogP contribution in [-0.4, -0.2) is 30.3 Å². The van der Waals surface area contributed by atoms with Gasteiger partial charge in [0.05, 0.1) is 6.10 Å². The van der Waals surface area contributed by atoms with Crippen molar-refractivity contribution in [2.45, 2.75) is 50.7 Å². The molecule has 1 atom stereocenters. The summed E-state index contributed by atoms with van der Waals surface area (Å²) in [5, 5.41) is 12.8. The predicted octanol–water partition coefficient (Wildman–Crippen LogP) is 0.618. The number of aliphatic hydroxyl groups excluding tert-OH is 1. The molecule has 0 aliphatic heterocycles. The number of hydrogen-bond donors (Lipinski definition) is 3. The summed E-state index contributed by atoms with van der Waals surface area (Å²) in [7, 11) is 0. The maximum absolute atomic E-state index is 9.44. The lowest BCUT2D eigenvalue weighted by Gasteiger charge is -2.24. The molecule has 78 valence electrons. The van der Waals surface area contributed by atoms with Crippen molar-refractivity contribution in [2.75, 3.05) is 13.1 Å². The number of nitrogens with two attached hydrogens (primary N) is 1. The van der Waals surface area contributed by atoms with Crippen LogP contribution < -0.4 is 11.1 Å². The van der Waals surface area contributed by atoms with Crippen molar-refractivity contribution in [3.63, 3.8) is 0 Å². The minimum atomic E-state index is -0.257. The summed E-state index contributed by atoms with van der Waals surface area (Å²) in [5.41, 5.74) is 5.35. The SMILES string of the molecule is NCCC(O)CNC1CCCCC1. The van der Waals surface area contributed by atoms with E-state index in [9.17, 15) is 5.11 Å². The minimum Gasteiger partial charge on any atom is -0.392 e. The molecule has 0 saturated heterocycles. The first-order valence-electron chi connectivity index (χ1n) is 5.44. The fourth-order valence-electron chi connectivity index (χ4n) is 1.90. The lowest BCUT2D eigenvalue weighted by Crippen LogP contribution is -2.37. The molecule has 1 rings (SSSR count). The predicted molar refractivity (Wildman–Crippen MR) is 54.6 cm³/mol. The second kappa shape index (κ2) is 6.35. The summed E-state index contributed by atoms with van der Waals surface area (Å²) < 4.78 is 0. The smallest absolute Gasteiger partial charge is 0.0676 e. The van der Waals surface area contributed by atoms with E-state index in [1.54, 1.807) is 0 Å². The Morgan fingerprint density at radius 3 is 2.62 bits per heavy atom. The Kier molecular flexibility index (Phi) is 5.35. The molecule has 4 N–H and O–H groups in total. The first-order valence-corrected chi connectivity index (χ1v) is 5.44. The van der Waals surface area contributed by atoms with Gasteiger partial charge in [-0.25, -0.2) is 0 Å². The Bertz CT molecular complexity index is 124. The minimum absolute atomic E-state index is 0.257. The quantitative estimate of drug-likeness (QED) is 0.590. The fourth-order valence-corrected chi connectivity index (χ4v) is 1.90. The third kappa shape index (κ3) is 4.60. The zero-order valence-electron chi connectivity index (χ0n) is 8.34. The second-order valence-corrected chi connectivity index (χ2v) is 3.97. The Labute approximate surface area is 80.7 Å². The summed E-state index contributed by atoms with van der Waals surface area (Å²) >= 11 is 0. The molecule has 0 heterocycles. The fraction of sp³-hybridized carbons (Fsp3) is 1.00. The summed E-state index contributed by atoms with van der Waals surface area (Å²) in [6.07, 6.45) is 7.05. The van der Waals surface area contributed by atoms with Crippen LogP contribution in [0.3, 0.4) is 0 Å². The largest absolute Gasteiger partial charge is 0.392 e. The Morgan fingerprint density at radius 2 is 2.00 bits per heavy atom. The van der Waals surface area contributed by atoms with Crippen molar-refractivity contribution in [1.29, 1.82) is 0 Å². The highest BCUT2D eigenvalue weighted by Gasteiger charge is 2.13. The van der Waals surface area contributed by atoms with Gasteiger partial charge in [0.15, 0.2) is 0 Å². The summed E-state index contributed by atoms with van der Waals surface area (Å²) in [6, 6.07) is 0.640. The normalized spacial score (nSPS) is 21.7. The van der Waals surface area contributed by atoms with Gasteiger partial charge in [-0.1, -0.05) is 19.3 Å². The highest BCUT2D eigenvalue weighted by molar-refractivity contribution is 4.73. The molecule has 1 saturated carbocycles. The lowest BCUT2D eigenvalue weighted by molar-refractivity contribution is 0.156. The van der Waals surface area contributed by atoms with Crippen molar-refractivity contribution in [3.05, 3.63) is 0 Å². The van der Waals surface area contributed by atoms with Crippen LogP contribution >= 0.6 is 0 Å². The molecule has 0 spiro atoms. The van der Waals surface area contributed by atoms with Gasteiger partial charge in [-0.15, -0.1) is 0 Å². The summed E-state index contributed by atoms with van der Waals surface area (Å²) in [5.74, 6) is 0. The van der Waals surface area contributed by atoms with Crippen LogP contribution in [0, 0.1) is 0 Å². The Balaban J connectivity index is 2.03. The molecule has 0 amide bonds. The van der Waals surface area contributed by atoms with Crippen LogP contribution in [0.25, 0.3) is 0 Å². The highest BCUT2D eigenvalue weighted by Crippen LogP contribution is 2.17. The van der Waals surface area contributed by atoms with Crippen molar-refractivity contribution in [2.24, 2.45) is 5.73 Å². The van der Waals surface area contributed by atoms with Crippen molar-refractivity contribution < 1.29 is 5.11 Å². The molecule has 0 radical (unpaired) electrons. The average Bonchev–Trinajstić information content (AvgIpc) is 2.17. The van der Waals surface area contributed by atoms with Gasteiger partial charge in [-0.05, 0) is 25.8 Å². The molecule has 3 heteroatoms. The van der Waals surface area contributed by atoms with Crippen LogP contribution in [0.1, 0.15) is 38.5 Å². The third-order valence-corrected chi connectivity index (χ3v) is 2.75. The van der Waals surface area contributed by atoms with Gasteiger partial charge in [0.1, 0.15) is 0 Å². The number of rotatable bonds is 5.